The van der Waals surface area contributed by atoms with Crippen molar-refractivity contribution in [1.29, 1.82) is 0 Å². The smallest absolute Gasteiger partial charge is 0.239 e. The maximum Gasteiger partial charge on any atom is 0.239 e. The first-order valence-corrected chi connectivity index (χ1v) is 5.72. The Bertz CT molecular complexity index is 224. The minimum Gasteiger partial charge on any atom is -0.375 e. The Morgan fingerprint density at radius 3 is 2.69 bits per heavy atom. The van der Waals surface area contributed by atoms with Gasteiger partial charge in [-0.15, -0.1) is 12.4 Å². The highest BCUT2D eigenvalue weighted by Gasteiger charge is 2.27. The van der Waals surface area contributed by atoms with Crippen LogP contribution in [-0.2, 0) is 9.53 Å². The van der Waals surface area contributed by atoms with Gasteiger partial charge < -0.3 is 15.4 Å². The predicted molar refractivity (Wildman–Crippen MR) is 66.7 cm³/mol. The molecule has 1 heterocycles. The number of nitrogens with two attached hydrogens (primary N) is 1. The molecule has 0 spiro atoms. The van der Waals surface area contributed by atoms with Crippen molar-refractivity contribution in [3.63, 3.8) is 0 Å². The van der Waals surface area contributed by atoms with Crippen LogP contribution in [0.1, 0.15) is 27.2 Å². The van der Waals surface area contributed by atoms with E-state index in [1.54, 1.807) is 0 Å². The van der Waals surface area contributed by atoms with E-state index in [4.69, 9.17) is 10.5 Å². The number of hydrogen-bond donors (Lipinski definition) is 1. The van der Waals surface area contributed by atoms with E-state index in [2.05, 4.69) is 6.92 Å². The third kappa shape index (κ3) is 3.92. The average Bonchev–Trinajstić information content (AvgIpc) is 2.27. The van der Waals surface area contributed by atoms with E-state index in [9.17, 15) is 4.79 Å². The topological polar surface area (TPSA) is 55.6 Å². The molecular weight excluding hydrogens is 228 g/mol. The predicted octanol–water partition coefficient (Wildman–Crippen LogP) is 1.03. The third-order valence-corrected chi connectivity index (χ3v) is 2.91. The van der Waals surface area contributed by atoms with Crippen molar-refractivity contribution in [1.82, 2.24) is 4.90 Å². The van der Waals surface area contributed by atoms with Gasteiger partial charge in [0.1, 0.15) is 0 Å². The molecule has 2 N–H and O–H groups in total. The van der Waals surface area contributed by atoms with E-state index in [1.807, 2.05) is 18.7 Å². The molecule has 16 heavy (non-hydrogen) atoms. The molecule has 1 aliphatic rings. The first-order valence-electron chi connectivity index (χ1n) is 5.72. The number of halogens is 1. The summed E-state index contributed by atoms with van der Waals surface area (Å²) in [6, 6.07) is -0.374. The molecule has 1 saturated heterocycles. The van der Waals surface area contributed by atoms with Crippen LogP contribution in [0.2, 0.25) is 0 Å². The Hall–Kier alpha value is -0.320. The van der Waals surface area contributed by atoms with Gasteiger partial charge in [-0.05, 0) is 12.3 Å². The van der Waals surface area contributed by atoms with Crippen molar-refractivity contribution in [2.24, 2.45) is 11.7 Å². The summed E-state index contributed by atoms with van der Waals surface area (Å²) in [6.07, 6.45) is 1.13. The van der Waals surface area contributed by atoms with Gasteiger partial charge in [0.15, 0.2) is 0 Å². The molecule has 1 rings (SSSR count). The molecular formula is C11H23ClN2O2. The van der Waals surface area contributed by atoms with Crippen LogP contribution < -0.4 is 5.73 Å². The second kappa shape index (κ2) is 7.09. The van der Waals surface area contributed by atoms with Crippen LogP contribution in [0.25, 0.3) is 0 Å². The van der Waals surface area contributed by atoms with Crippen molar-refractivity contribution in [2.45, 2.75) is 39.3 Å². The van der Waals surface area contributed by atoms with Gasteiger partial charge in [-0.1, -0.05) is 20.8 Å². The molecule has 5 heteroatoms. The first kappa shape index (κ1) is 15.7. The van der Waals surface area contributed by atoms with Crippen LogP contribution in [0.4, 0.5) is 0 Å². The Morgan fingerprint density at radius 1 is 1.56 bits per heavy atom. The molecule has 0 aromatic carbocycles. The highest BCUT2D eigenvalue weighted by atomic mass is 35.5. The SMILES string of the molecule is CCC1CN(C(=O)[C@H](N)C(C)C)CCO1.Cl. The summed E-state index contributed by atoms with van der Waals surface area (Å²) in [5.41, 5.74) is 5.85. The zero-order valence-electron chi connectivity index (χ0n) is 10.3. The van der Waals surface area contributed by atoms with E-state index < -0.39 is 0 Å². The van der Waals surface area contributed by atoms with Gasteiger partial charge in [0.05, 0.1) is 18.8 Å². The van der Waals surface area contributed by atoms with Gasteiger partial charge in [-0.3, -0.25) is 4.79 Å². The number of ether oxygens (including phenoxy) is 1. The monoisotopic (exact) mass is 250 g/mol. The minimum absolute atomic E-state index is 0. The second-order valence-corrected chi connectivity index (χ2v) is 4.46. The quantitative estimate of drug-likeness (QED) is 0.814. The number of rotatable bonds is 3. The molecule has 0 bridgehead atoms. The van der Waals surface area contributed by atoms with Gasteiger partial charge in [0, 0.05) is 13.1 Å². The van der Waals surface area contributed by atoms with E-state index in [-0.39, 0.29) is 36.4 Å². The fourth-order valence-corrected chi connectivity index (χ4v) is 1.66. The molecule has 1 amide bonds. The van der Waals surface area contributed by atoms with E-state index in [0.717, 1.165) is 6.42 Å². The zero-order chi connectivity index (χ0) is 11.4. The highest BCUT2D eigenvalue weighted by Crippen LogP contribution is 2.11. The van der Waals surface area contributed by atoms with Crippen molar-refractivity contribution in [3.05, 3.63) is 0 Å². The van der Waals surface area contributed by atoms with Crippen LogP contribution in [0, 0.1) is 5.92 Å². The van der Waals surface area contributed by atoms with Crippen LogP contribution in [-0.4, -0.2) is 42.6 Å². The molecule has 1 aliphatic heterocycles. The number of hydrogen-bond acceptors (Lipinski definition) is 3. The van der Waals surface area contributed by atoms with Gasteiger partial charge in [-0.25, -0.2) is 0 Å². The summed E-state index contributed by atoms with van der Waals surface area (Å²) < 4.78 is 5.51. The molecule has 0 radical (unpaired) electrons. The Balaban J connectivity index is 0.00000225. The fraction of sp³-hybridized carbons (Fsp3) is 0.909. The lowest BCUT2D eigenvalue weighted by atomic mass is 10.0. The van der Waals surface area contributed by atoms with Gasteiger partial charge >= 0.3 is 0 Å². The largest absolute Gasteiger partial charge is 0.375 e. The second-order valence-electron chi connectivity index (χ2n) is 4.46. The Labute approximate surface area is 104 Å². The number of amides is 1. The first-order chi connectivity index (χ1) is 7.06. The number of carbonyl (C=O) groups excluding carboxylic acids is 1. The summed E-state index contributed by atoms with van der Waals surface area (Å²) in [4.78, 5) is 13.8. The number of nitrogens with zero attached hydrogens (tertiary/aromatic N) is 1. The summed E-state index contributed by atoms with van der Waals surface area (Å²) in [5.74, 6) is 0.257. The lowest BCUT2D eigenvalue weighted by Crippen LogP contribution is -2.52. The maximum atomic E-state index is 11.9. The zero-order valence-corrected chi connectivity index (χ0v) is 11.1. The molecule has 0 aromatic heterocycles. The van der Waals surface area contributed by atoms with E-state index in [1.165, 1.54) is 0 Å². The van der Waals surface area contributed by atoms with E-state index in [0.29, 0.717) is 19.7 Å². The van der Waals surface area contributed by atoms with Crippen LogP contribution >= 0.6 is 12.4 Å². The lowest BCUT2D eigenvalue weighted by molar-refractivity contribution is -0.141. The summed E-state index contributed by atoms with van der Waals surface area (Å²) in [6.45, 7) is 8.02. The van der Waals surface area contributed by atoms with Gasteiger partial charge in [0.25, 0.3) is 0 Å². The Kier molecular flexibility index (Phi) is 6.95. The molecule has 1 fully saturated rings. The average molecular weight is 251 g/mol. The van der Waals surface area contributed by atoms with Crippen molar-refractivity contribution >= 4 is 18.3 Å². The molecule has 1 unspecified atom stereocenters. The third-order valence-electron chi connectivity index (χ3n) is 2.91. The molecule has 96 valence electrons. The van der Waals surface area contributed by atoms with Crippen LogP contribution in [0.3, 0.4) is 0 Å². The molecule has 2 atom stereocenters. The normalized spacial score (nSPS) is 22.8. The Morgan fingerprint density at radius 2 is 2.19 bits per heavy atom. The maximum absolute atomic E-state index is 11.9. The molecule has 0 aliphatic carbocycles. The summed E-state index contributed by atoms with van der Waals surface area (Å²) in [7, 11) is 0. The van der Waals surface area contributed by atoms with Crippen molar-refractivity contribution in [3.8, 4) is 0 Å². The van der Waals surface area contributed by atoms with Crippen molar-refractivity contribution in [2.75, 3.05) is 19.7 Å². The number of carbonyl (C=O) groups is 1. The summed E-state index contributed by atoms with van der Waals surface area (Å²) >= 11 is 0. The van der Waals surface area contributed by atoms with Crippen LogP contribution in [0.5, 0.6) is 0 Å². The summed E-state index contributed by atoms with van der Waals surface area (Å²) in [5, 5.41) is 0. The highest BCUT2D eigenvalue weighted by molar-refractivity contribution is 5.85. The molecule has 4 nitrogen and oxygen atoms in total. The van der Waals surface area contributed by atoms with Crippen LogP contribution in [0.15, 0.2) is 0 Å². The molecule has 0 saturated carbocycles. The minimum atomic E-state index is -0.374. The van der Waals surface area contributed by atoms with Gasteiger partial charge in [-0.2, -0.15) is 0 Å². The fourth-order valence-electron chi connectivity index (χ4n) is 1.66. The van der Waals surface area contributed by atoms with Gasteiger partial charge in [0.2, 0.25) is 5.91 Å². The lowest BCUT2D eigenvalue weighted by Gasteiger charge is -2.34. The number of morpholine rings is 1. The standard InChI is InChI=1S/C11H22N2O2.ClH/c1-4-9-7-13(5-6-15-9)11(14)10(12)8(2)3;/h8-10H,4-7,12H2,1-3H3;1H/t9?,10-;/m1./s1. The molecule has 0 aromatic rings. The van der Waals surface area contributed by atoms with Crippen molar-refractivity contribution < 1.29 is 9.53 Å². The van der Waals surface area contributed by atoms with E-state index >= 15 is 0 Å².